The number of unbranched alkanes of at least 4 members (excludes halogenated alkanes) is 1. The third kappa shape index (κ3) is 10.5. The molecule has 0 aromatic heterocycles. The Morgan fingerprint density at radius 2 is 1.96 bits per heavy atom. The van der Waals surface area contributed by atoms with Crippen LogP contribution in [0, 0.1) is 12.8 Å². The number of halogens is 1. The van der Waals surface area contributed by atoms with Gasteiger partial charge in [-0.1, -0.05) is 12.1 Å². The van der Waals surface area contributed by atoms with Crippen molar-refractivity contribution in [1.82, 2.24) is 10.6 Å². The van der Waals surface area contributed by atoms with Gasteiger partial charge in [-0.15, -0.1) is 24.0 Å². The van der Waals surface area contributed by atoms with Crippen molar-refractivity contribution in [2.75, 3.05) is 47.1 Å². The standard InChI is InChI=1S/C21H35N3O3.HI/c1-17-6-9-19(20(14-17)27-16-18-7-8-18)15-24-21(22-2)23-10-4-5-11-26-13-12-25-3;/h6,9,14,18H,4-5,7-8,10-13,15-16H2,1-3H3,(H2,22,23,24);1H. The number of hydrogen-bond donors (Lipinski definition) is 2. The molecule has 2 rings (SSSR count). The van der Waals surface area contributed by atoms with Crippen LogP contribution in [-0.2, 0) is 16.0 Å². The fourth-order valence-electron chi connectivity index (χ4n) is 2.61. The topological polar surface area (TPSA) is 64.1 Å². The lowest BCUT2D eigenvalue weighted by atomic mass is 10.1. The molecule has 1 aromatic rings. The van der Waals surface area contributed by atoms with Crippen molar-refractivity contribution in [3.63, 3.8) is 0 Å². The summed E-state index contributed by atoms with van der Waals surface area (Å²) in [5.74, 6) is 2.54. The average Bonchev–Trinajstić information content (AvgIpc) is 3.50. The number of ether oxygens (including phenoxy) is 3. The quantitative estimate of drug-likeness (QED) is 0.186. The minimum absolute atomic E-state index is 0. The van der Waals surface area contributed by atoms with Crippen LogP contribution in [0.3, 0.4) is 0 Å². The summed E-state index contributed by atoms with van der Waals surface area (Å²) in [5, 5.41) is 6.73. The lowest BCUT2D eigenvalue weighted by molar-refractivity contribution is 0.0689. The Labute approximate surface area is 186 Å². The van der Waals surface area contributed by atoms with E-state index in [2.05, 4.69) is 40.7 Å². The molecule has 7 heteroatoms. The van der Waals surface area contributed by atoms with E-state index in [0.717, 1.165) is 55.8 Å². The number of methoxy groups -OCH3 is 1. The molecule has 0 amide bonds. The molecule has 160 valence electrons. The van der Waals surface area contributed by atoms with Gasteiger partial charge in [0, 0.05) is 39.4 Å². The number of aryl methyl sites for hydroxylation is 1. The number of nitrogens with one attached hydrogen (secondary N) is 2. The van der Waals surface area contributed by atoms with E-state index < -0.39 is 0 Å². The monoisotopic (exact) mass is 505 g/mol. The molecule has 0 aliphatic heterocycles. The predicted octanol–water partition coefficient (Wildman–Crippen LogP) is 3.51. The molecule has 28 heavy (non-hydrogen) atoms. The van der Waals surface area contributed by atoms with Crippen LogP contribution in [0.1, 0.15) is 36.8 Å². The van der Waals surface area contributed by atoms with E-state index >= 15 is 0 Å². The molecule has 0 spiro atoms. The Morgan fingerprint density at radius 3 is 2.68 bits per heavy atom. The predicted molar refractivity (Wildman–Crippen MR) is 125 cm³/mol. The van der Waals surface area contributed by atoms with Crippen molar-refractivity contribution < 1.29 is 14.2 Å². The zero-order chi connectivity index (χ0) is 19.3. The van der Waals surface area contributed by atoms with Gasteiger partial charge in [-0.05, 0) is 50.2 Å². The summed E-state index contributed by atoms with van der Waals surface area (Å²) in [6.07, 6.45) is 4.65. The summed E-state index contributed by atoms with van der Waals surface area (Å²) in [6.45, 7) is 6.57. The molecule has 0 heterocycles. The van der Waals surface area contributed by atoms with Crippen LogP contribution in [-0.4, -0.2) is 53.1 Å². The fourth-order valence-corrected chi connectivity index (χ4v) is 2.61. The average molecular weight is 505 g/mol. The van der Waals surface area contributed by atoms with Gasteiger partial charge in [-0.3, -0.25) is 4.99 Å². The molecule has 1 aliphatic carbocycles. The van der Waals surface area contributed by atoms with Crippen LogP contribution in [0.5, 0.6) is 5.75 Å². The SMILES string of the molecule is CN=C(NCCCCOCCOC)NCc1ccc(C)cc1OCC1CC1.I. The second kappa shape index (κ2) is 14.9. The van der Waals surface area contributed by atoms with Gasteiger partial charge in [0.1, 0.15) is 5.75 Å². The van der Waals surface area contributed by atoms with E-state index in [0.29, 0.717) is 19.8 Å². The summed E-state index contributed by atoms with van der Waals surface area (Å²) in [6, 6.07) is 6.38. The molecule has 1 aromatic carbocycles. The Kier molecular flexibility index (Phi) is 13.3. The molecule has 0 bridgehead atoms. The lowest BCUT2D eigenvalue weighted by Crippen LogP contribution is -2.37. The zero-order valence-electron chi connectivity index (χ0n) is 17.5. The summed E-state index contributed by atoms with van der Waals surface area (Å²) < 4.78 is 16.5. The maximum Gasteiger partial charge on any atom is 0.191 e. The van der Waals surface area contributed by atoms with Crippen LogP contribution < -0.4 is 15.4 Å². The van der Waals surface area contributed by atoms with Crippen molar-refractivity contribution in [3.05, 3.63) is 29.3 Å². The summed E-state index contributed by atoms with van der Waals surface area (Å²) in [5.41, 5.74) is 2.38. The van der Waals surface area contributed by atoms with E-state index in [1.54, 1.807) is 14.2 Å². The normalized spacial score (nSPS) is 13.8. The minimum atomic E-state index is 0. The van der Waals surface area contributed by atoms with Gasteiger partial charge in [0.15, 0.2) is 5.96 Å². The third-order valence-electron chi connectivity index (χ3n) is 4.50. The molecule has 1 aliphatic rings. The van der Waals surface area contributed by atoms with Crippen molar-refractivity contribution in [2.24, 2.45) is 10.9 Å². The van der Waals surface area contributed by atoms with Gasteiger partial charge in [0.2, 0.25) is 0 Å². The van der Waals surface area contributed by atoms with Crippen molar-refractivity contribution in [2.45, 2.75) is 39.2 Å². The molecule has 0 unspecified atom stereocenters. The highest BCUT2D eigenvalue weighted by molar-refractivity contribution is 14.0. The van der Waals surface area contributed by atoms with Gasteiger partial charge in [0.05, 0.1) is 19.8 Å². The van der Waals surface area contributed by atoms with E-state index in [1.807, 2.05) is 0 Å². The molecule has 1 saturated carbocycles. The van der Waals surface area contributed by atoms with Crippen LogP contribution in [0.25, 0.3) is 0 Å². The Hall–Kier alpha value is -1.06. The third-order valence-corrected chi connectivity index (χ3v) is 4.50. The van der Waals surface area contributed by atoms with Gasteiger partial charge < -0.3 is 24.8 Å². The maximum atomic E-state index is 6.04. The van der Waals surface area contributed by atoms with Gasteiger partial charge in [-0.25, -0.2) is 0 Å². The van der Waals surface area contributed by atoms with E-state index in [-0.39, 0.29) is 24.0 Å². The number of guanidine groups is 1. The zero-order valence-corrected chi connectivity index (χ0v) is 19.8. The Bertz CT molecular complexity index is 580. The number of nitrogens with zero attached hydrogens (tertiary/aromatic N) is 1. The van der Waals surface area contributed by atoms with Gasteiger partial charge >= 0.3 is 0 Å². The second-order valence-electron chi connectivity index (χ2n) is 7.03. The largest absolute Gasteiger partial charge is 0.493 e. The van der Waals surface area contributed by atoms with Crippen LogP contribution in [0.2, 0.25) is 0 Å². The van der Waals surface area contributed by atoms with Crippen molar-refractivity contribution >= 4 is 29.9 Å². The molecule has 6 nitrogen and oxygen atoms in total. The summed E-state index contributed by atoms with van der Waals surface area (Å²) >= 11 is 0. The number of aliphatic imine (C=N–C) groups is 1. The molecule has 0 radical (unpaired) electrons. The van der Waals surface area contributed by atoms with E-state index in [9.17, 15) is 0 Å². The summed E-state index contributed by atoms with van der Waals surface area (Å²) in [4.78, 5) is 4.30. The first-order valence-electron chi connectivity index (χ1n) is 9.96. The number of rotatable bonds is 13. The molecule has 2 N–H and O–H groups in total. The maximum absolute atomic E-state index is 6.04. The first-order valence-corrected chi connectivity index (χ1v) is 9.96. The smallest absolute Gasteiger partial charge is 0.191 e. The van der Waals surface area contributed by atoms with E-state index in [1.165, 1.54) is 18.4 Å². The Balaban J connectivity index is 0.00000392. The van der Waals surface area contributed by atoms with Crippen LogP contribution in [0.4, 0.5) is 0 Å². The number of benzene rings is 1. The highest BCUT2D eigenvalue weighted by Gasteiger charge is 2.22. The first-order chi connectivity index (χ1) is 13.2. The summed E-state index contributed by atoms with van der Waals surface area (Å²) in [7, 11) is 3.48. The molecular formula is C21H36IN3O3. The molecular weight excluding hydrogens is 469 g/mol. The van der Waals surface area contributed by atoms with Gasteiger partial charge in [0.25, 0.3) is 0 Å². The second-order valence-corrected chi connectivity index (χ2v) is 7.03. The van der Waals surface area contributed by atoms with Crippen molar-refractivity contribution in [1.29, 1.82) is 0 Å². The molecule has 1 fully saturated rings. The first kappa shape index (κ1) is 25.0. The minimum Gasteiger partial charge on any atom is -0.493 e. The highest BCUT2D eigenvalue weighted by atomic mass is 127. The number of hydrogen-bond acceptors (Lipinski definition) is 4. The van der Waals surface area contributed by atoms with E-state index in [4.69, 9.17) is 14.2 Å². The van der Waals surface area contributed by atoms with Crippen LogP contribution in [0.15, 0.2) is 23.2 Å². The highest BCUT2D eigenvalue weighted by Crippen LogP contribution is 2.30. The fraction of sp³-hybridized carbons (Fsp3) is 0.667. The Morgan fingerprint density at radius 1 is 1.14 bits per heavy atom. The van der Waals surface area contributed by atoms with Gasteiger partial charge in [-0.2, -0.15) is 0 Å². The van der Waals surface area contributed by atoms with Crippen LogP contribution >= 0.6 is 24.0 Å². The molecule has 0 atom stereocenters. The lowest BCUT2D eigenvalue weighted by Gasteiger charge is -2.15. The molecule has 0 saturated heterocycles. The van der Waals surface area contributed by atoms with Crippen molar-refractivity contribution in [3.8, 4) is 5.75 Å².